The van der Waals surface area contributed by atoms with Crippen LogP contribution in [-0.4, -0.2) is 21.1 Å². The highest BCUT2D eigenvalue weighted by Crippen LogP contribution is 2.36. The van der Waals surface area contributed by atoms with Gasteiger partial charge in [0.25, 0.3) is 5.56 Å². The van der Waals surface area contributed by atoms with E-state index in [2.05, 4.69) is 14.7 Å². The van der Waals surface area contributed by atoms with Gasteiger partial charge in [0.05, 0.1) is 16.6 Å². The van der Waals surface area contributed by atoms with Crippen LogP contribution >= 0.6 is 12.2 Å². The van der Waals surface area contributed by atoms with E-state index in [0.717, 1.165) is 6.07 Å². The first kappa shape index (κ1) is 21.9. The van der Waals surface area contributed by atoms with Crippen molar-refractivity contribution in [2.75, 3.05) is 0 Å². The number of aromatic nitrogens is 3. The summed E-state index contributed by atoms with van der Waals surface area (Å²) in [5.41, 5.74) is -2.48. The average molecular weight is 445 g/mol. The van der Waals surface area contributed by atoms with E-state index in [-0.39, 0.29) is 33.5 Å². The molecule has 0 bridgehead atoms. The van der Waals surface area contributed by atoms with Crippen molar-refractivity contribution in [2.24, 2.45) is 0 Å². The average Bonchev–Trinajstić information content (AvgIpc) is 2.65. The summed E-state index contributed by atoms with van der Waals surface area (Å²) in [7, 11) is 0. The smallest absolute Gasteiger partial charge is 0.417 e. The maximum atomic E-state index is 13.8. The number of alkyl halides is 5. The molecule has 0 aliphatic heterocycles. The van der Waals surface area contributed by atoms with Gasteiger partial charge in [-0.25, -0.2) is 4.98 Å². The van der Waals surface area contributed by atoms with E-state index in [0.29, 0.717) is 12.5 Å². The van der Waals surface area contributed by atoms with Gasteiger partial charge in [-0.15, -0.1) is 0 Å². The lowest BCUT2D eigenvalue weighted by Crippen LogP contribution is -2.22. The number of nitrogens with zero attached hydrogens (tertiary/aromatic N) is 2. The van der Waals surface area contributed by atoms with Gasteiger partial charge in [-0.05, 0) is 43.8 Å². The second-order valence-corrected chi connectivity index (χ2v) is 6.93. The number of pyridine rings is 1. The van der Waals surface area contributed by atoms with Crippen molar-refractivity contribution in [3.05, 3.63) is 51.0 Å². The van der Waals surface area contributed by atoms with Gasteiger partial charge in [0.1, 0.15) is 11.4 Å². The van der Waals surface area contributed by atoms with E-state index in [4.69, 9.17) is 12.2 Å². The Labute approximate surface area is 172 Å². The van der Waals surface area contributed by atoms with Crippen LogP contribution in [-0.2, 0) is 6.18 Å². The molecular weight excluding hydrogens is 429 g/mol. The number of halogens is 5. The number of ether oxygens (including phenoxy) is 1. The zero-order valence-electron chi connectivity index (χ0n) is 15.8. The summed E-state index contributed by atoms with van der Waals surface area (Å²) in [6, 6.07) is 5.51. The van der Waals surface area contributed by atoms with Crippen molar-refractivity contribution < 1.29 is 26.7 Å². The monoisotopic (exact) mass is 445 g/mol. The maximum absolute atomic E-state index is 13.8. The molecule has 1 unspecified atom stereocenters. The molecule has 0 saturated carbocycles. The number of H-pyrrole nitrogens is 1. The number of hydrogen-bond acceptors (Lipinski definition) is 4. The standard InChI is InChI=1S/C19H16F5N3O2S/c1-3-9(2)27-15-14(16(28)26-18(27)30)12(19(22,23)24)8-13(25-15)10-5-4-6-11(7-10)29-17(20)21/h4-9,17H,3H2,1-2H3,(H,26,28,30). The van der Waals surface area contributed by atoms with Gasteiger partial charge in [-0.3, -0.25) is 14.3 Å². The van der Waals surface area contributed by atoms with Crippen LogP contribution in [0.25, 0.3) is 22.3 Å². The zero-order valence-corrected chi connectivity index (χ0v) is 16.6. The Morgan fingerprint density at radius 3 is 2.57 bits per heavy atom. The van der Waals surface area contributed by atoms with E-state index in [9.17, 15) is 26.7 Å². The second kappa shape index (κ2) is 8.13. The molecule has 3 rings (SSSR count). The zero-order chi connectivity index (χ0) is 22.2. The van der Waals surface area contributed by atoms with Gasteiger partial charge < -0.3 is 4.74 Å². The van der Waals surface area contributed by atoms with Crippen molar-refractivity contribution in [2.45, 2.75) is 39.1 Å². The fraction of sp³-hybridized carbons (Fsp3) is 0.316. The van der Waals surface area contributed by atoms with Crippen LogP contribution in [0, 0.1) is 4.77 Å². The summed E-state index contributed by atoms with van der Waals surface area (Å²) >= 11 is 5.16. The molecule has 1 aromatic carbocycles. The number of hydrogen-bond donors (Lipinski definition) is 1. The summed E-state index contributed by atoms with van der Waals surface area (Å²) in [5.74, 6) is -0.234. The van der Waals surface area contributed by atoms with Crippen molar-refractivity contribution >= 4 is 23.3 Å². The first-order valence-corrected chi connectivity index (χ1v) is 9.25. The molecular formula is C19H16F5N3O2S. The molecule has 0 fully saturated rings. The van der Waals surface area contributed by atoms with Gasteiger partial charge >= 0.3 is 12.8 Å². The van der Waals surface area contributed by atoms with Crippen molar-refractivity contribution in [3.8, 4) is 17.0 Å². The van der Waals surface area contributed by atoms with E-state index in [1.165, 1.54) is 22.8 Å². The molecule has 0 amide bonds. The third kappa shape index (κ3) is 4.20. The highest BCUT2D eigenvalue weighted by atomic mass is 32.1. The fourth-order valence-electron chi connectivity index (χ4n) is 3.04. The van der Waals surface area contributed by atoms with E-state index < -0.39 is 29.3 Å². The first-order valence-electron chi connectivity index (χ1n) is 8.85. The summed E-state index contributed by atoms with van der Waals surface area (Å²) in [6.45, 7) is 0.444. The molecule has 30 heavy (non-hydrogen) atoms. The van der Waals surface area contributed by atoms with E-state index >= 15 is 0 Å². The van der Waals surface area contributed by atoms with Crippen LogP contribution < -0.4 is 10.3 Å². The number of aromatic amines is 1. The minimum absolute atomic E-state index is 0.0607. The minimum Gasteiger partial charge on any atom is -0.435 e. The molecule has 160 valence electrons. The van der Waals surface area contributed by atoms with Gasteiger partial charge in [0.2, 0.25) is 0 Å². The molecule has 3 aromatic rings. The Kier molecular flexibility index (Phi) is 5.93. The first-order chi connectivity index (χ1) is 14.0. The topological polar surface area (TPSA) is 59.9 Å². The third-order valence-electron chi connectivity index (χ3n) is 4.59. The van der Waals surface area contributed by atoms with Crippen LogP contribution in [0.1, 0.15) is 31.9 Å². The molecule has 0 spiro atoms. The third-order valence-corrected chi connectivity index (χ3v) is 4.89. The summed E-state index contributed by atoms with van der Waals surface area (Å²) in [5, 5.41) is -0.639. The molecule has 0 aliphatic carbocycles. The van der Waals surface area contributed by atoms with Crippen LogP contribution in [0.15, 0.2) is 35.1 Å². The van der Waals surface area contributed by atoms with Crippen molar-refractivity contribution in [1.82, 2.24) is 14.5 Å². The lowest BCUT2D eigenvalue weighted by atomic mass is 10.1. The Morgan fingerprint density at radius 2 is 1.97 bits per heavy atom. The second-order valence-electron chi connectivity index (χ2n) is 6.54. The van der Waals surface area contributed by atoms with Gasteiger partial charge in [-0.1, -0.05) is 19.1 Å². The lowest BCUT2D eigenvalue weighted by Gasteiger charge is -2.19. The van der Waals surface area contributed by atoms with Crippen molar-refractivity contribution in [1.29, 1.82) is 0 Å². The van der Waals surface area contributed by atoms with Gasteiger partial charge in [0.15, 0.2) is 4.77 Å². The van der Waals surface area contributed by atoms with Crippen LogP contribution in [0.5, 0.6) is 5.75 Å². The van der Waals surface area contributed by atoms with E-state index in [1.807, 2.05) is 6.92 Å². The highest BCUT2D eigenvalue weighted by molar-refractivity contribution is 7.71. The lowest BCUT2D eigenvalue weighted by molar-refractivity contribution is -0.136. The Morgan fingerprint density at radius 1 is 1.27 bits per heavy atom. The molecule has 1 N–H and O–H groups in total. The largest absolute Gasteiger partial charge is 0.435 e. The SMILES string of the molecule is CCC(C)n1c(=S)[nH]c(=O)c2c(C(F)(F)F)cc(-c3cccc(OC(F)F)c3)nc21. The Balaban J connectivity index is 2.40. The molecule has 11 heteroatoms. The predicted octanol–water partition coefficient (Wildman–Crippen LogP) is 5.71. The minimum atomic E-state index is -4.86. The van der Waals surface area contributed by atoms with Crippen molar-refractivity contribution in [3.63, 3.8) is 0 Å². The van der Waals surface area contributed by atoms with Gasteiger partial charge in [0, 0.05) is 11.6 Å². The number of nitrogens with one attached hydrogen (secondary N) is 1. The quantitative estimate of drug-likeness (QED) is 0.404. The highest BCUT2D eigenvalue weighted by Gasteiger charge is 2.35. The summed E-state index contributed by atoms with van der Waals surface area (Å²) < 4.78 is 72.1. The van der Waals surface area contributed by atoms with Crippen LogP contribution in [0.4, 0.5) is 22.0 Å². The number of rotatable bonds is 5. The molecule has 0 radical (unpaired) electrons. The molecule has 1 atom stereocenters. The van der Waals surface area contributed by atoms with E-state index in [1.54, 1.807) is 6.92 Å². The number of benzene rings is 1. The molecule has 2 aromatic heterocycles. The normalized spacial score (nSPS) is 13.1. The molecule has 0 saturated heterocycles. The fourth-order valence-corrected chi connectivity index (χ4v) is 3.40. The Hall–Kier alpha value is -2.82. The molecule has 0 aliphatic rings. The Bertz CT molecular complexity index is 1200. The summed E-state index contributed by atoms with van der Waals surface area (Å²) in [4.78, 5) is 18.9. The van der Waals surface area contributed by atoms with Gasteiger partial charge in [-0.2, -0.15) is 22.0 Å². The molecule has 5 nitrogen and oxygen atoms in total. The summed E-state index contributed by atoms with van der Waals surface area (Å²) in [6.07, 6.45) is -4.35. The number of fused-ring (bicyclic) bond motifs is 1. The molecule has 2 heterocycles. The van der Waals surface area contributed by atoms with Crippen LogP contribution in [0.2, 0.25) is 0 Å². The predicted molar refractivity (Wildman–Crippen MR) is 103 cm³/mol. The maximum Gasteiger partial charge on any atom is 0.417 e. The van der Waals surface area contributed by atoms with Crippen LogP contribution in [0.3, 0.4) is 0 Å².